The van der Waals surface area contributed by atoms with Crippen LogP contribution in [0.1, 0.15) is 31.0 Å². The topological polar surface area (TPSA) is 24.9 Å². The van der Waals surface area contributed by atoms with Gasteiger partial charge in [-0.25, -0.2) is 4.98 Å². The molecule has 0 saturated heterocycles. The number of rotatable bonds is 5. The molecule has 0 amide bonds. The molecule has 0 spiro atoms. The van der Waals surface area contributed by atoms with Crippen molar-refractivity contribution in [3.05, 3.63) is 16.1 Å². The van der Waals surface area contributed by atoms with Gasteiger partial charge in [0.15, 0.2) is 0 Å². The van der Waals surface area contributed by atoms with Crippen LogP contribution < -0.4 is 5.32 Å². The maximum absolute atomic E-state index is 4.52. The second-order valence-electron chi connectivity index (χ2n) is 4.19. The predicted molar refractivity (Wildman–Crippen MR) is 60.5 cm³/mol. The molecule has 1 aromatic heterocycles. The van der Waals surface area contributed by atoms with Crippen LogP contribution in [0.4, 0.5) is 0 Å². The first-order valence-electron chi connectivity index (χ1n) is 5.43. The molecule has 2 rings (SSSR count). The van der Waals surface area contributed by atoms with E-state index in [0.29, 0.717) is 0 Å². The van der Waals surface area contributed by atoms with E-state index in [4.69, 9.17) is 0 Å². The van der Waals surface area contributed by atoms with Crippen molar-refractivity contribution in [3.63, 3.8) is 0 Å². The van der Waals surface area contributed by atoms with Gasteiger partial charge in [-0.3, -0.25) is 0 Å². The first kappa shape index (κ1) is 10.1. The summed E-state index contributed by atoms with van der Waals surface area (Å²) >= 11 is 1.77. The SMILES string of the molecule is CCc1nc(CNCC2CC2C)cs1. The van der Waals surface area contributed by atoms with Gasteiger partial charge in [-0.1, -0.05) is 13.8 Å². The lowest BCUT2D eigenvalue weighted by atomic mass is 10.3. The number of aromatic nitrogens is 1. The summed E-state index contributed by atoms with van der Waals surface area (Å²) in [5, 5.41) is 6.90. The molecule has 0 bridgehead atoms. The average molecular weight is 210 g/mol. The third kappa shape index (κ3) is 2.55. The fourth-order valence-corrected chi connectivity index (χ4v) is 2.41. The Morgan fingerprint density at radius 3 is 3.00 bits per heavy atom. The molecule has 1 N–H and O–H groups in total. The van der Waals surface area contributed by atoms with E-state index in [1.165, 1.54) is 23.7 Å². The summed E-state index contributed by atoms with van der Waals surface area (Å²) < 4.78 is 0. The highest BCUT2D eigenvalue weighted by Gasteiger charge is 2.31. The highest BCUT2D eigenvalue weighted by Crippen LogP contribution is 2.36. The van der Waals surface area contributed by atoms with Crippen molar-refractivity contribution in [2.24, 2.45) is 11.8 Å². The lowest BCUT2D eigenvalue weighted by Crippen LogP contribution is -2.16. The summed E-state index contributed by atoms with van der Waals surface area (Å²) in [5.74, 6) is 1.88. The standard InChI is InChI=1S/C11H18N2S/c1-3-11-13-10(7-14-11)6-12-5-9-4-8(9)2/h7-9,12H,3-6H2,1-2H3. The Labute approximate surface area is 89.8 Å². The molecule has 1 heterocycles. The Hall–Kier alpha value is -0.410. The molecule has 1 saturated carbocycles. The van der Waals surface area contributed by atoms with E-state index in [0.717, 1.165) is 24.8 Å². The number of thiazole rings is 1. The van der Waals surface area contributed by atoms with E-state index < -0.39 is 0 Å². The summed E-state index contributed by atoms with van der Waals surface area (Å²) in [7, 11) is 0. The minimum Gasteiger partial charge on any atom is -0.311 e. The zero-order valence-corrected chi connectivity index (χ0v) is 9.73. The first-order valence-corrected chi connectivity index (χ1v) is 6.31. The molecule has 1 fully saturated rings. The quantitative estimate of drug-likeness (QED) is 0.807. The van der Waals surface area contributed by atoms with Gasteiger partial charge in [0.25, 0.3) is 0 Å². The summed E-state index contributed by atoms with van der Waals surface area (Å²) in [6.07, 6.45) is 2.47. The first-order chi connectivity index (χ1) is 6.79. The summed E-state index contributed by atoms with van der Waals surface area (Å²) in [6, 6.07) is 0. The Bertz CT molecular complexity index is 295. The number of aryl methyl sites for hydroxylation is 1. The van der Waals surface area contributed by atoms with Crippen molar-refractivity contribution in [1.29, 1.82) is 0 Å². The second-order valence-corrected chi connectivity index (χ2v) is 5.13. The average Bonchev–Trinajstić information content (AvgIpc) is 2.71. The highest BCUT2D eigenvalue weighted by atomic mass is 32.1. The van der Waals surface area contributed by atoms with Crippen molar-refractivity contribution in [2.45, 2.75) is 33.2 Å². The zero-order chi connectivity index (χ0) is 9.97. The van der Waals surface area contributed by atoms with Crippen LogP contribution in [0.15, 0.2) is 5.38 Å². The Morgan fingerprint density at radius 2 is 2.43 bits per heavy atom. The Kier molecular flexibility index (Phi) is 3.19. The van der Waals surface area contributed by atoms with Crippen LogP contribution in [0.5, 0.6) is 0 Å². The molecule has 3 heteroatoms. The summed E-state index contributed by atoms with van der Waals surface area (Å²) in [6.45, 7) is 6.59. The molecular formula is C11H18N2S. The molecule has 1 aromatic rings. The number of nitrogens with one attached hydrogen (secondary N) is 1. The van der Waals surface area contributed by atoms with Crippen molar-refractivity contribution in [3.8, 4) is 0 Å². The van der Waals surface area contributed by atoms with Crippen molar-refractivity contribution in [2.75, 3.05) is 6.54 Å². The molecule has 2 nitrogen and oxygen atoms in total. The van der Waals surface area contributed by atoms with Gasteiger partial charge >= 0.3 is 0 Å². The van der Waals surface area contributed by atoms with Gasteiger partial charge in [-0.15, -0.1) is 11.3 Å². The molecule has 0 radical (unpaired) electrons. The normalized spacial score (nSPS) is 25.3. The monoisotopic (exact) mass is 210 g/mol. The van der Waals surface area contributed by atoms with Gasteiger partial charge in [0.05, 0.1) is 10.7 Å². The van der Waals surface area contributed by atoms with Crippen LogP contribution in [0, 0.1) is 11.8 Å². The van der Waals surface area contributed by atoms with E-state index in [-0.39, 0.29) is 0 Å². The second kappa shape index (κ2) is 4.41. The molecule has 14 heavy (non-hydrogen) atoms. The summed E-state index contributed by atoms with van der Waals surface area (Å²) in [4.78, 5) is 4.52. The van der Waals surface area contributed by atoms with Crippen LogP contribution in [-0.4, -0.2) is 11.5 Å². The smallest absolute Gasteiger partial charge is 0.0926 e. The third-order valence-electron chi connectivity index (χ3n) is 2.89. The van der Waals surface area contributed by atoms with Crippen molar-refractivity contribution in [1.82, 2.24) is 10.3 Å². The molecule has 0 aromatic carbocycles. The molecule has 2 atom stereocenters. The van der Waals surface area contributed by atoms with Gasteiger partial charge < -0.3 is 5.32 Å². The number of hydrogen-bond donors (Lipinski definition) is 1. The van der Waals surface area contributed by atoms with Gasteiger partial charge in [0.1, 0.15) is 0 Å². The minimum atomic E-state index is 0.930. The fraction of sp³-hybridized carbons (Fsp3) is 0.727. The van der Waals surface area contributed by atoms with Gasteiger partial charge in [-0.2, -0.15) is 0 Å². The molecule has 2 unspecified atom stereocenters. The van der Waals surface area contributed by atoms with E-state index >= 15 is 0 Å². The Morgan fingerprint density at radius 1 is 1.64 bits per heavy atom. The van der Waals surface area contributed by atoms with Gasteiger partial charge in [-0.05, 0) is 31.2 Å². The molecular weight excluding hydrogens is 192 g/mol. The van der Waals surface area contributed by atoms with Crippen LogP contribution in [0.3, 0.4) is 0 Å². The van der Waals surface area contributed by atoms with Crippen LogP contribution >= 0.6 is 11.3 Å². The zero-order valence-electron chi connectivity index (χ0n) is 8.92. The largest absolute Gasteiger partial charge is 0.311 e. The lowest BCUT2D eigenvalue weighted by Gasteiger charge is -2.00. The van der Waals surface area contributed by atoms with Crippen molar-refractivity contribution >= 4 is 11.3 Å². The maximum Gasteiger partial charge on any atom is 0.0926 e. The van der Waals surface area contributed by atoms with Gasteiger partial charge in [0.2, 0.25) is 0 Å². The third-order valence-corrected chi connectivity index (χ3v) is 3.93. The van der Waals surface area contributed by atoms with E-state index in [2.05, 4.69) is 29.5 Å². The van der Waals surface area contributed by atoms with Crippen LogP contribution in [-0.2, 0) is 13.0 Å². The lowest BCUT2D eigenvalue weighted by molar-refractivity contribution is 0.606. The molecule has 1 aliphatic carbocycles. The summed E-state index contributed by atoms with van der Waals surface area (Å²) in [5.41, 5.74) is 1.21. The predicted octanol–water partition coefficient (Wildman–Crippen LogP) is 2.45. The number of nitrogens with zero attached hydrogens (tertiary/aromatic N) is 1. The molecule has 0 aliphatic heterocycles. The van der Waals surface area contributed by atoms with Crippen LogP contribution in [0.25, 0.3) is 0 Å². The van der Waals surface area contributed by atoms with E-state index in [1.807, 2.05) is 0 Å². The number of hydrogen-bond acceptors (Lipinski definition) is 3. The molecule has 1 aliphatic rings. The van der Waals surface area contributed by atoms with Gasteiger partial charge in [0, 0.05) is 11.9 Å². The van der Waals surface area contributed by atoms with Crippen molar-refractivity contribution < 1.29 is 0 Å². The minimum absolute atomic E-state index is 0.930. The Balaban J connectivity index is 1.69. The fourth-order valence-electron chi connectivity index (χ4n) is 1.66. The maximum atomic E-state index is 4.52. The van der Waals surface area contributed by atoms with E-state index in [1.54, 1.807) is 11.3 Å². The highest BCUT2D eigenvalue weighted by molar-refractivity contribution is 7.09. The van der Waals surface area contributed by atoms with E-state index in [9.17, 15) is 0 Å². The van der Waals surface area contributed by atoms with Crippen LogP contribution in [0.2, 0.25) is 0 Å². The molecule has 78 valence electrons.